The molecule has 0 aliphatic rings. The summed E-state index contributed by atoms with van der Waals surface area (Å²) in [5.41, 5.74) is -0.666. The van der Waals surface area contributed by atoms with Crippen LogP contribution in [0.5, 0.6) is 0 Å². The maximum absolute atomic E-state index is 12.7. The zero-order valence-electron chi connectivity index (χ0n) is 11.4. The van der Waals surface area contributed by atoms with E-state index in [9.17, 15) is 18.0 Å². The molecule has 0 aliphatic carbocycles. The summed E-state index contributed by atoms with van der Waals surface area (Å²) in [7, 11) is 0. The molecule has 0 atom stereocenters. The number of carbonyl (C=O) groups is 1. The highest BCUT2D eigenvalue weighted by Crippen LogP contribution is 2.30. The number of carbonyl (C=O) groups excluding carboxylic acids is 1. The lowest BCUT2D eigenvalue weighted by Crippen LogP contribution is -2.13. The van der Waals surface area contributed by atoms with E-state index in [1.807, 2.05) is 0 Å². The number of rotatable bonds is 3. The van der Waals surface area contributed by atoms with Crippen LogP contribution in [-0.2, 0) is 6.18 Å². The van der Waals surface area contributed by atoms with Gasteiger partial charge in [-0.05, 0) is 18.2 Å². The topological polar surface area (TPSA) is 70.7 Å². The van der Waals surface area contributed by atoms with E-state index in [4.69, 9.17) is 0 Å². The van der Waals surface area contributed by atoms with Crippen molar-refractivity contribution < 1.29 is 18.0 Å². The molecule has 1 amide bonds. The average molecular weight is 338 g/mol. The normalized spacial score (nSPS) is 11.4. The molecule has 9 heteroatoms. The lowest BCUT2D eigenvalue weighted by molar-refractivity contribution is -0.137. The molecule has 0 saturated carbocycles. The van der Waals surface area contributed by atoms with Crippen molar-refractivity contribution in [2.24, 2.45) is 0 Å². The van der Waals surface area contributed by atoms with Crippen molar-refractivity contribution in [2.75, 3.05) is 5.32 Å². The Morgan fingerprint density at radius 2 is 2.13 bits per heavy atom. The predicted octanol–water partition coefficient (Wildman–Crippen LogP) is 3.80. The van der Waals surface area contributed by atoms with Crippen LogP contribution in [0.2, 0.25) is 0 Å². The number of amides is 1. The molecule has 3 aromatic rings. The van der Waals surface area contributed by atoms with Crippen LogP contribution in [0, 0.1) is 0 Å². The summed E-state index contributed by atoms with van der Waals surface area (Å²) < 4.78 is 38.0. The minimum atomic E-state index is -4.46. The first-order valence-corrected chi connectivity index (χ1v) is 7.25. The number of alkyl halides is 3. The van der Waals surface area contributed by atoms with Gasteiger partial charge in [-0.25, -0.2) is 9.97 Å². The molecule has 0 fully saturated rings. The van der Waals surface area contributed by atoms with Gasteiger partial charge in [0.2, 0.25) is 0 Å². The Morgan fingerprint density at radius 3 is 2.83 bits per heavy atom. The quantitative estimate of drug-likeness (QED) is 0.763. The van der Waals surface area contributed by atoms with Crippen molar-refractivity contribution in [3.8, 4) is 10.8 Å². The molecule has 118 valence electrons. The third-order valence-electron chi connectivity index (χ3n) is 2.89. The van der Waals surface area contributed by atoms with Crippen molar-refractivity contribution in [3.05, 3.63) is 53.3 Å². The van der Waals surface area contributed by atoms with E-state index in [1.54, 1.807) is 12.4 Å². The van der Waals surface area contributed by atoms with Gasteiger partial charge in [0.15, 0.2) is 10.8 Å². The lowest BCUT2D eigenvalue weighted by Gasteiger charge is -2.09. The highest BCUT2D eigenvalue weighted by Gasteiger charge is 2.30. The van der Waals surface area contributed by atoms with Gasteiger partial charge in [0.1, 0.15) is 5.69 Å². The Balaban J connectivity index is 1.77. The molecule has 0 aliphatic heterocycles. The smallest absolute Gasteiger partial charge is 0.343 e. The molecule has 23 heavy (non-hydrogen) atoms. The number of halogens is 3. The standard InChI is InChI=1S/C14H9F3N4OS/c15-14(16,17)8-2-1-3-9(6-8)20-12(22)10-7-23-13(21-10)11-18-4-5-19-11/h1-7H,(H,18,19)(H,20,22). The van der Waals surface area contributed by atoms with E-state index in [0.717, 1.165) is 12.1 Å². The van der Waals surface area contributed by atoms with E-state index >= 15 is 0 Å². The van der Waals surface area contributed by atoms with E-state index in [0.29, 0.717) is 10.8 Å². The second-order valence-electron chi connectivity index (χ2n) is 4.51. The third kappa shape index (κ3) is 3.39. The molecule has 3 rings (SSSR count). The van der Waals surface area contributed by atoms with Crippen LogP contribution in [0.1, 0.15) is 16.1 Å². The molecular formula is C14H9F3N4OS. The van der Waals surface area contributed by atoms with Crippen LogP contribution < -0.4 is 5.32 Å². The lowest BCUT2D eigenvalue weighted by atomic mass is 10.2. The minimum Gasteiger partial charge on any atom is -0.343 e. The maximum atomic E-state index is 12.7. The van der Waals surface area contributed by atoms with Crippen molar-refractivity contribution in [1.29, 1.82) is 0 Å². The molecular weight excluding hydrogens is 329 g/mol. The van der Waals surface area contributed by atoms with Crippen molar-refractivity contribution in [1.82, 2.24) is 15.0 Å². The second-order valence-corrected chi connectivity index (χ2v) is 5.37. The van der Waals surface area contributed by atoms with E-state index in [2.05, 4.69) is 20.3 Å². The zero-order valence-corrected chi connectivity index (χ0v) is 12.2. The molecule has 0 bridgehead atoms. The summed E-state index contributed by atoms with van der Waals surface area (Å²) in [6.45, 7) is 0. The number of nitrogens with zero attached hydrogens (tertiary/aromatic N) is 2. The fourth-order valence-electron chi connectivity index (χ4n) is 1.84. The van der Waals surface area contributed by atoms with Gasteiger partial charge in [0.25, 0.3) is 5.91 Å². The Morgan fingerprint density at radius 1 is 1.30 bits per heavy atom. The average Bonchev–Trinajstić information content (AvgIpc) is 3.18. The van der Waals surface area contributed by atoms with Crippen LogP contribution >= 0.6 is 11.3 Å². The summed E-state index contributed by atoms with van der Waals surface area (Å²) in [6.07, 6.45) is -1.29. The maximum Gasteiger partial charge on any atom is 0.416 e. The number of aromatic nitrogens is 3. The number of thiazole rings is 1. The largest absolute Gasteiger partial charge is 0.416 e. The molecule has 0 spiro atoms. The monoisotopic (exact) mass is 338 g/mol. The molecule has 2 heterocycles. The van der Waals surface area contributed by atoms with Gasteiger partial charge in [0, 0.05) is 23.5 Å². The molecule has 0 unspecified atom stereocenters. The predicted molar refractivity (Wildman–Crippen MR) is 79.1 cm³/mol. The van der Waals surface area contributed by atoms with Crippen LogP contribution in [0.3, 0.4) is 0 Å². The summed E-state index contributed by atoms with van der Waals surface area (Å²) in [5.74, 6) is -0.0634. The van der Waals surface area contributed by atoms with Crippen LogP contribution in [0.4, 0.5) is 18.9 Å². The molecule has 1 aromatic carbocycles. The first-order valence-electron chi connectivity index (χ1n) is 6.37. The van der Waals surface area contributed by atoms with Gasteiger partial charge in [-0.2, -0.15) is 13.2 Å². The van der Waals surface area contributed by atoms with E-state index in [1.165, 1.54) is 28.8 Å². The van der Waals surface area contributed by atoms with Gasteiger partial charge >= 0.3 is 6.18 Å². The van der Waals surface area contributed by atoms with Crippen molar-refractivity contribution in [2.45, 2.75) is 6.18 Å². The van der Waals surface area contributed by atoms with Gasteiger partial charge in [0.05, 0.1) is 5.56 Å². The van der Waals surface area contributed by atoms with Gasteiger partial charge in [-0.3, -0.25) is 4.79 Å². The highest BCUT2D eigenvalue weighted by molar-refractivity contribution is 7.13. The highest BCUT2D eigenvalue weighted by atomic mass is 32.1. The molecule has 0 saturated heterocycles. The van der Waals surface area contributed by atoms with E-state index in [-0.39, 0.29) is 11.4 Å². The van der Waals surface area contributed by atoms with Gasteiger partial charge < -0.3 is 10.3 Å². The Hall–Kier alpha value is -2.68. The Bertz CT molecular complexity index is 827. The Kier molecular flexibility index (Phi) is 3.87. The fourth-order valence-corrected chi connectivity index (χ4v) is 2.59. The van der Waals surface area contributed by atoms with Crippen LogP contribution in [0.25, 0.3) is 10.8 Å². The fraction of sp³-hybridized carbons (Fsp3) is 0.0714. The molecule has 2 N–H and O–H groups in total. The number of hydrogen-bond acceptors (Lipinski definition) is 4. The molecule has 2 aromatic heterocycles. The molecule has 5 nitrogen and oxygen atoms in total. The van der Waals surface area contributed by atoms with Crippen molar-refractivity contribution >= 4 is 22.9 Å². The minimum absolute atomic E-state index is 0.0531. The zero-order chi connectivity index (χ0) is 16.4. The van der Waals surface area contributed by atoms with Gasteiger partial charge in [-0.15, -0.1) is 11.3 Å². The number of imidazole rings is 1. The van der Waals surface area contributed by atoms with Crippen LogP contribution in [0.15, 0.2) is 42.0 Å². The number of aromatic amines is 1. The van der Waals surface area contributed by atoms with Gasteiger partial charge in [-0.1, -0.05) is 6.07 Å². The summed E-state index contributed by atoms with van der Waals surface area (Å²) in [4.78, 5) is 23.1. The number of H-pyrrole nitrogens is 1. The van der Waals surface area contributed by atoms with Crippen molar-refractivity contribution in [3.63, 3.8) is 0 Å². The summed E-state index contributed by atoms with van der Waals surface area (Å²) in [5, 5.41) is 4.44. The van der Waals surface area contributed by atoms with Crippen LogP contribution in [-0.4, -0.2) is 20.9 Å². The van der Waals surface area contributed by atoms with E-state index < -0.39 is 17.6 Å². The SMILES string of the molecule is O=C(Nc1cccc(C(F)(F)F)c1)c1csc(-c2ncc[nH]2)n1. The number of nitrogens with one attached hydrogen (secondary N) is 2. The Labute approximate surface area is 132 Å². The number of hydrogen-bond donors (Lipinski definition) is 2. The number of anilines is 1. The number of benzene rings is 1. The summed E-state index contributed by atoms with van der Waals surface area (Å²) in [6, 6.07) is 4.42. The summed E-state index contributed by atoms with van der Waals surface area (Å²) >= 11 is 1.21. The molecule has 0 radical (unpaired) electrons. The first-order chi connectivity index (χ1) is 10.9. The second kappa shape index (κ2) is 5.84. The third-order valence-corrected chi connectivity index (χ3v) is 3.73. The first kappa shape index (κ1) is 15.2.